The average molecular weight is 284 g/mol. The van der Waals surface area contributed by atoms with Crippen molar-refractivity contribution in [2.45, 2.75) is 18.1 Å². The molecule has 1 fully saturated rings. The van der Waals surface area contributed by atoms with Gasteiger partial charge in [-0.1, -0.05) is 0 Å². The predicted octanol–water partition coefficient (Wildman–Crippen LogP) is -0.308. The van der Waals surface area contributed by atoms with Crippen molar-refractivity contribution in [1.29, 1.82) is 0 Å². The van der Waals surface area contributed by atoms with Crippen LogP contribution in [0.4, 0.5) is 0 Å². The summed E-state index contributed by atoms with van der Waals surface area (Å²) >= 11 is 0. The van der Waals surface area contributed by atoms with Crippen LogP contribution in [0, 0.1) is 0 Å². The fourth-order valence-electron chi connectivity index (χ4n) is 2.09. The minimum Gasteiger partial charge on any atom is -0.351 e. The van der Waals surface area contributed by atoms with Gasteiger partial charge in [-0.2, -0.15) is 0 Å². The zero-order valence-corrected chi connectivity index (χ0v) is 11.4. The lowest BCUT2D eigenvalue weighted by atomic mass is 10.2. The van der Waals surface area contributed by atoms with E-state index in [9.17, 15) is 18.0 Å². The molecule has 1 aromatic rings. The second-order valence-electron chi connectivity index (χ2n) is 4.71. The number of nitrogens with zero attached hydrogens (tertiary/aromatic N) is 1. The van der Waals surface area contributed by atoms with E-state index in [1.807, 2.05) is 0 Å². The van der Waals surface area contributed by atoms with Gasteiger partial charge in [0.25, 0.3) is 11.5 Å². The second kappa shape index (κ2) is 5.16. The quantitative estimate of drug-likeness (QED) is 0.825. The Balaban J connectivity index is 2.02. The minimum atomic E-state index is -3.06. The molecule has 0 saturated carbocycles. The molecule has 2 heterocycles. The van der Waals surface area contributed by atoms with E-state index in [0.717, 1.165) is 0 Å². The van der Waals surface area contributed by atoms with Gasteiger partial charge >= 0.3 is 0 Å². The number of pyridine rings is 1. The number of rotatable bonds is 3. The van der Waals surface area contributed by atoms with Crippen molar-refractivity contribution in [2.24, 2.45) is 7.05 Å². The Morgan fingerprint density at radius 3 is 2.84 bits per heavy atom. The number of aryl methyl sites for hydroxylation is 1. The van der Waals surface area contributed by atoms with Crippen LogP contribution in [0.25, 0.3) is 0 Å². The van der Waals surface area contributed by atoms with E-state index in [4.69, 9.17) is 0 Å². The Morgan fingerprint density at radius 2 is 2.26 bits per heavy atom. The molecule has 0 bridgehead atoms. The van der Waals surface area contributed by atoms with Gasteiger partial charge in [0.1, 0.15) is 0 Å². The van der Waals surface area contributed by atoms with E-state index in [2.05, 4.69) is 5.32 Å². The van der Waals surface area contributed by atoms with E-state index in [1.165, 1.54) is 22.9 Å². The molecule has 1 aliphatic heterocycles. The van der Waals surface area contributed by atoms with Gasteiger partial charge in [-0.15, -0.1) is 0 Å². The third-order valence-corrected chi connectivity index (χ3v) is 5.60. The van der Waals surface area contributed by atoms with Gasteiger partial charge in [0, 0.05) is 31.4 Å². The summed E-state index contributed by atoms with van der Waals surface area (Å²) in [6.45, 7) is 0.108. The van der Waals surface area contributed by atoms with Gasteiger partial charge in [-0.3, -0.25) is 9.59 Å². The molecule has 6 nitrogen and oxygen atoms in total. The summed E-state index contributed by atoms with van der Waals surface area (Å²) in [6.07, 6.45) is 2.73. The Bertz CT molecular complexity index is 648. The maximum Gasteiger partial charge on any atom is 0.251 e. The number of amides is 1. The van der Waals surface area contributed by atoms with Gasteiger partial charge < -0.3 is 9.88 Å². The molecule has 19 heavy (non-hydrogen) atoms. The summed E-state index contributed by atoms with van der Waals surface area (Å²) < 4.78 is 24.6. The molecule has 1 aromatic heterocycles. The highest BCUT2D eigenvalue weighted by atomic mass is 32.2. The largest absolute Gasteiger partial charge is 0.351 e. The van der Waals surface area contributed by atoms with Gasteiger partial charge in [-0.05, 0) is 18.9 Å². The van der Waals surface area contributed by atoms with Crippen LogP contribution < -0.4 is 10.9 Å². The smallest absolute Gasteiger partial charge is 0.251 e. The Labute approximate surface area is 111 Å². The third-order valence-electron chi connectivity index (χ3n) is 3.32. The molecule has 0 aliphatic carbocycles. The van der Waals surface area contributed by atoms with Crippen LogP contribution in [0.5, 0.6) is 0 Å². The van der Waals surface area contributed by atoms with Crippen LogP contribution in [0.3, 0.4) is 0 Å². The number of carbonyl (C=O) groups is 1. The highest BCUT2D eigenvalue weighted by molar-refractivity contribution is 7.92. The van der Waals surface area contributed by atoms with Crippen LogP contribution in [0.15, 0.2) is 23.1 Å². The Kier molecular flexibility index (Phi) is 3.75. The van der Waals surface area contributed by atoms with E-state index >= 15 is 0 Å². The lowest BCUT2D eigenvalue weighted by Gasteiger charge is -2.10. The minimum absolute atomic E-state index is 0.108. The highest BCUT2D eigenvalue weighted by Crippen LogP contribution is 2.19. The molecule has 7 heteroatoms. The first-order chi connectivity index (χ1) is 8.90. The molecular formula is C12H16N2O4S. The maximum atomic E-state index is 11.8. The van der Waals surface area contributed by atoms with Crippen molar-refractivity contribution in [2.75, 3.05) is 12.3 Å². The van der Waals surface area contributed by atoms with Gasteiger partial charge in [0.15, 0.2) is 9.84 Å². The fraction of sp³-hybridized carbons (Fsp3) is 0.500. The van der Waals surface area contributed by atoms with Crippen LogP contribution in [-0.2, 0) is 16.9 Å². The third kappa shape index (κ3) is 3.04. The van der Waals surface area contributed by atoms with Crippen LogP contribution in [-0.4, -0.2) is 36.4 Å². The van der Waals surface area contributed by atoms with Crippen LogP contribution in [0.1, 0.15) is 23.2 Å². The molecule has 0 aromatic carbocycles. The standard InChI is InChI=1S/C12H16N2O4S/c1-14-5-4-9(7-11(14)15)12(16)13-8-10-3-2-6-19(10,17)18/h4-5,7,10H,2-3,6,8H2,1H3,(H,13,16). The first-order valence-corrected chi connectivity index (χ1v) is 7.78. The van der Waals surface area contributed by atoms with E-state index < -0.39 is 21.0 Å². The lowest BCUT2D eigenvalue weighted by molar-refractivity contribution is 0.0953. The van der Waals surface area contributed by atoms with Crippen molar-refractivity contribution in [1.82, 2.24) is 9.88 Å². The number of carbonyl (C=O) groups excluding carboxylic acids is 1. The average Bonchev–Trinajstić information content (AvgIpc) is 2.69. The molecule has 1 amide bonds. The fourth-order valence-corrected chi connectivity index (χ4v) is 3.85. The van der Waals surface area contributed by atoms with E-state index in [1.54, 1.807) is 7.05 Å². The molecule has 1 unspecified atom stereocenters. The molecule has 1 saturated heterocycles. The van der Waals surface area contributed by atoms with E-state index in [-0.39, 0.29) is 23.4 Å². The maximum absolute atomic E-state index is 11.8. The molecule has 0 radical (unpaired) electrons. The summed E-state index contributed by atoms with van der Waals surface area (Å²) in [5.74, 6) is -0.223. The Morgan fingerprint density at radius 1 is 1.53 bits per heavy atom. The normalized spacial score (nSPS) is 21.2. The topological polar surface area (TPSA) is 85.2 Å². The summed E-state index contributed by atoms with van der Waals surface area (Å²) in [6, 6.07) is 2.76. The summed E-state index contributed by atoms with van der Waals surface area (Å²) in [7, 11) is -1.47. The van der Waals surface area contributed by atoms with Gasteiger partial charge in [0.05, 0.1) is 11.0 Å². The molecule has 1 N–H and O–H groups in total. The summed E-state index contributed by atoms with van der Waals surface area (Å²) in [5, 5.41) is 2.08. The number of nitrogens with one attached hydrogen (secondary N) is 1. The number of aromatic nitrogens is 1. The first kappa shape index (κ1) is 13.8. The SMILES string of the molecule is Cn1ccc(C(=O)NCC2CCCS2(=O)=O)cc1=O. The van der Waals surface area contributed by atoms with Gasteiger partial charge in [0.2, 0.25) is 0 Å². The van der Waals surface area contributed by atoms with Crippen molar-refractivity contribution < 1.29 is 13.2 Å². The zero-order valence-electron chi connectivity index (χ0n) is 10.6. The van der Waals surface area contributed by atoms with Crippen molar-refractivity contribution >= 4 is 15.7 Å². The van der Waals surface area contributed by atoms with Crippen molar-refractivity contribution in [3.63, 3.8) is 0 Å². The number of sulfone groups is 1. The van der Waals surface area contributed by atoms with E-state index in [0.29, 0.717) is 12.8 Å². The molecular weight excluding hydrogens is 268 g/mol. The first-order valence-electron chi connectivity index (χ1n) is 6.06. The monoisotopic (exact) mass is 284 g/mol. The Hall–Kier alpha value is -1.63. The molecule has 104 valence electrons. The highest BCUT2D eigenvalue weighted by Gasteiger charge is 2.31. The van der Waals surface area contributed by atoms with Gasteiger partial charge in [-0.25, -0.2) is 8.42 Å². The molecule has 0 spiro atoms. The molecule has 1 atom stereocenters. The lowest BCUT2D eigenvalue weighted by Crippen LogP contribution is -2.35. The molecule has 1 aliphatic rings. The second-order valence-corrected chi connectivity index (χ2v) is 7.11. The number of hydrogen-bond donors (Lipinski definition) is 1. The summed E-state index contributed by atoms with van der Waals surface area (Å²) in [5.41, 5.74) is -0.0281. The zero-order chi connectivity index (χ0) is 14.0. The predicted molar refractivity (Wildman–Crippen MR) is 70.8 cm³/mol. The van der Waals surface area contributed by atoms with Crippen LogP contribution >= 0.6 is 0 Å². The van der Waals surface area contributed by atoms with Crippen molar-refractivity contribution in [3.8, 4) is 0 Å². The summed E-state index contributed by atoms with van der Waals surface area (Å²) in [4.78, 5) is 23.2. The van der Waals surface area contributed by atoms with Crippen molar-refractivity contribution in [3.05, 3.63) is 34.2 Å². The van der Waals surface area contributed by atoms with Crippen LogP contribution in [0.2, 0.25) is 0 Å². The number of hydrogen-bond acceptors (Lipinski definition) is 4. The molecule has 2 rings (SSSR count).